The number of ketones is 1. The third kappa shape index (κ3) is 5.59. The molecule has 0 unspecified atom stereocenters. The minimum Gasteiger partial charge on any atom is -0.442 e. The van der Waals surface area contributed by atoms with E-state index >= 15 is 0 Å². The fourth-order valence-electron chi connectivity index (χ4n) is 3.50. The van der Waals surface area contributed by atoms with Crippen molar-refractivity contribution in [3.8, 4) is 11.3 Å². The zero-order chi connectivity index (χ0) is 20.9. The van der Waals surface area contributed by atoms with Crippen LogP contribution < -0.4 is 5.73 Å². The molecular weight excluding hydrogens is 410 g/mol. The summed E-state index contributed by atoms with van der Waals surface area (Å²) in [5, 5.41) is 1.10. The molecule has 31 heavy (non-hydrogen) atoms. The first-order chi connectivity index (χ1) is 14.6. The van der Waals surface area contributed by atoms with Crippen LogP contribution in [0.25, 0.3) is 22.2 Å². The Morgan fingerprint density at radius 2 is 2.03 bits per heavy atom. The zero-order valence-electron chi connectivity index (χ0n) is 17.5. The number of unbranched alkanes of at least 4 members (excludes halogenated alkanes) is 2. The molecule has 4 aromatic rings. The number of Topliss-reactive ketones (excluding diaryl/α,β-unsaturated/α-hetero) is 1. The first-order valence-electron chi connectivity index (χ1n) is 10.2. The molecule has 0 fully saturated rings. The summed E-state index contributed by atoms with van der Waals surface area (Å²) in [5.74, 6) is 0.915. The maximum atomic E-state index is 11.9. The SMILES string of the molecule is Cc1ccc2cc(-c3cnc([C@@H](N)CCCCCC(=O)c4ncco4)[nH]3)ccc2n1.S. The molecule has 0 amide bonds. The van der Waals surface area contributed by atoms with Crippen molar-refractivity contribution < 1.29 is 9.21 Å². The largest absolute Gasteiger partial charge is 0.442 e. The van der Waals surface area contributed by atoms with Gasteiger partial charge in [-0.05, 0) is 38.0 Å². The number of imidazole rings is 1. The van der Waals surface area contributed by atoms with Crippen LogP contribution in [0.1, 0.15) is 60.3 Å². The molecule has 0 spiro atoms. The molecule has 0 saturated heterocycles. The number of benzene rings is 1. The van der Waals surface area contributed by atoms with Crippen LogP contribution in [0.3, 0.4) is 0 Å². The maximum Gasteiger partial charge on any atom is 0.263 e. The topological polar surface area (TPSA) is 111 Å². The zero-order valence-corrected chi connectivity index (χ0v) is 18.5. The van der Waals surface area contributed by atoms with Gasteiger partial charge < -0.3 is 15.1 Å². The highest BCUT2D eigenvalue weighted by Crippen LogP contribution is 2.24. The molecule has 0 aliphatic carbocycles. The van der Waals surface area contributed by atoms with Crippen molar-refractivity contribution in [1.29, 1.82) is 0 Å². The number of carbonyl (C=O) groups excluding carboxylic acids is 1. The number of aromatic nitrogens is 4. The second-order valence-corrected chi connectivity index (χ2v) is 7.51. The number of nitrogens with two attached hydrogens (primary N) is 1. The van der Waals surface area contributed by atoms with Gasteiger partial charge in [0.15, 0.2) is 0 Å². The van der Waals surface area contributed by atoms with E-state index in [1.807, 2.05) is 31.3 Å². The first kappa shape index (κ1) is 22.7. The van der Waals surface area contributed by atoms with E-state index in [4.69, 9.17) is 10.2 Å². The fraction of sp³-hybridized carbons (Fsp3) is 0.304. The lowest BCUT2D eigenvalue weighted by Gasteiger charge is -2.08. The normalized spacial score (nSPS) is 11.9. The standard InChI is InChI=1S/C23H25N5O2.H2S/c1-15-7-8-16-13-17(9-10-19(16)27-15)20-14-26-22(28-20)18(24)5-3-2-4-6-21(29)23-25-11-12-30-23;/h7-14,18H,2-6,24H2,1H3,(H,26,28);1H2/t18-;/m0./s1. The molecule has 0 aliphatic heterocycles. The molecular formula is C23H27N5O2S. The van der Waals surface area contributed by atoms with E-state index in [9.17, 15) is 4.79 Å². The molecule has 1 atom stereocenters. The smallest absolute Gasteiger partial charge is 0.263 e. The van der Waals surface area contributed by atoms with E-state index in [2.05, 4.69) is 32.1 Å². The number of H-pyrrole nitrogens is 1. The Labute approximate surface area is 188 Å². The second kappa shape index (κ2) is 10.4. The van der Waals surface area contributed by atoms with Gasteiger partial charge in [0.2, 0.25) is 5.78 Å². The third-order valence-electron chi connectivity index (χ3n) is 5.18. The van der Waals surface area contributed by atoms with E-state index in [1.54, 1.807) is 0 Å². The number of pyridine rings is 1. The van der Waals surface area contributed by atoms with Gasteiger partial charge in [0.05, 0.1) is 29.6 Å². The minimum absolute atomic E-state index is 0. The fourth-order valence-corrected chi connectivity index (χ4v) is 3.50. The second-order valence-electron chi connectivity index (χ2n) is 7.51. The number of oxazole rings is 1. The summed E-state index contributed by atoms with van der Waals surface area (Å²) < 4.78 is 5.02. The number of aryl methyl sites for hydroxylation is 1. The van der Waals surface area contributed by atoms with Crippen LogP contribution in [0.4, 0.5) is 0 Å². The van der Waals surface area contributed by atoms with E-state index in [0.29, 0.717) is 6.42 Å². The highest BCUT2D eigenvalue weighted by atomic mass is 32.1. The van der Waals surface area contributed by atoms with Gasteiger partial charge in [-0.2, -0.15) is 13.5 Å². The molecule has 0 aliphatic rings. The van der Waals surface area contributed by atoms with E-state index in [1.165, 1.54) is 12.5 Å². The van der Waals surface area contributed by atoms with Gasteiger partial charge >= 0.3 is 0 Å². The van der Waals surface area contributed by atoms with Crippen molar-refractivity contribution in [2.45, 2.75) is 45.1 Å². The Morgan fingerprint density at radius 1 is 1.16 bits per heavy atom. The molecule has 0 radical (unpaired) electrons. The Morgan fingerprint density at radius 3 is 2.84 bits per heavy atom. The van der Waals surface area contributed by atoms with Crippen LogP contribution >= 0.6 is 13.5 Å². The molecule has 1 aromatic carbocycles. The average molecular weight is 438 g/mol. The predicted octanol–water partition coefficient (Wildman–Crippen LogP) is 4.87. The van der Waals surface area contributed by atoms with Gasteiger partial charge in [0.1, 0.15) is 12.1 Å². The quantitative estimate of drug-likeness (QED) is 0.285. The molecule has 7 nitrogen and oxygen atoms in total. The summed E-state index contributed by atoms with van der Waals surface area (Å²) in [4.78, 5) is 28.1. The minimum atomic E-state index is -0.161. The van der Waals surface area contributed by atoms with Crippen LogP contribution in [0.15, 0.2) is 53.4 Å². The molecule has 0 bridgehead atoms. The molecule has 0 saturated carbocycles. The van der Waals surface area contributed by atoms with Gasteiger partial charge in [0, 0.05) is 23.1 Å². The maximum absolute atomic E-state index is 11.9. The van der Waals surface area contributed by atoms with Crippen molar-refractivity contribution in [2.75, 3.05) is 0 Å². The highest BCUT2D eigenvalue weighted by molar-refractivity contribution is 7.59. The third-order valence-corrected chi connectivity index (χ3v) is 5.18. The number of aromatic amines is 1. The Hall–Kier alpha value is -2.97. The van der Waals surface area contributed by atoms with Gasteiger partial charge in [-0.25, -0.2) is 9.97 Å². The summed E-state index contributed by atoms with van der Waals surface area (Å²) in [7, 11) is 0. The number of nitrogens with one attached hydrogen (secondary N) is 1. The first-order valence-corrected chi connectivity index (χ1v) is 10.2. The predicted molar refractivity (Wildman–Crippen MR) is 125 cm³/mol. The summed E-state index contributed by atoms with van der Waals surface area (Å²) in [5.41, 5.74) is 10.3. The number of rotatable bonds is 9. The van der Waals surface area contributed by atoms with Crippen LogP contribution in [0.2, 0.25) is 0 Å². The Bertz CT molecular complexity index is 1140. The van der Waals surface area contributed by atoms with Crippen molar-refractivity contribution in [3.05, 3.63) is 66.4 Å². The molecule has 4 rings (SSSR count). The summed E-state index contributed by atoms with van der Waals surface area (Å²) in [6.07, 6.45) is 8.62. The molecule has 8 heteroatoms. The van der Waals surface area contributed by atoms with Crippen LogP contribution in [-0.2, 0) is 0 Å². The molecule has 162 valence electrons. The van der Waals surface area contributed by atoms with Crippen molar-refractivity contribution >= 4 is 30.2 Å². The monoisotopic (exact) mass is 437 g/mol. The van der Waals surface area contributed by atoms with E-state index in [0.717, 1.165) is 59.4 Å². The summed E-state index contributed by atoms with van der Waals surface area (Å²) in [6.45, 7) is 1.99. The Balaban J connectivity index is 0.00000272. The van der Waals surface area contributed by atoms with Crippen molar-refractivity contribution in [3.63, 3.8) is 0 Å². The van der Waals surface area contributed by atoms with Gasteiger partial charge in [-0.1, -0.05) is 25.0 Å². The van der Waals surface area contributed by atoms with Gasteiger partial charge in [-0.15, -0.1) is 0 Å². The van der Waals surface area contributed by atoms with E-state index in [-0.39, 0.29) is 31.2 Å². The summed E-state index contributed by atoms with van der Waals surface area (Å²) in [6, 6.07) is 10.1. The van der Waals surface area contributed by atoms with Crippen molar-refractivity contribution in [1.82, 2.24) is 19.9 Å². The molecule has 3 N–H and O–H groups in total. The average Bonchev–Trinajstić information content (AvgIpc) is 3.45. The van der Waals surface area contributed by atoms with Crippen LogP contribution in [0, 0.1) is 6.92 Å². The number of nitrogens with zero attached hydrogens (tertiary/aromatic N) is 3. The van der Waals surface area contributed by atoms with Gasteiger partial charge in [-0.3, -0.25) is 9.78 Å². The number of hydrogen-bond acceptors (Lipinski definition) is 6. The lowest BCUT2D eigenvalue weighted by Crippen LogP contribution is -2.12. The van der Waals surface area contributed by atoms with Crippen LogP contribution in [-0.4, -0.2) is 25.7 Å². The number of carbonyl (C=O) groups is 1. The molecule has 3 heterocycles. The van der Waals surface area contributed by atoms with Crippen LogP contribution in [0.5, 0.6) is 0 Å². The summed E-state index contributed by atoms with van der Waals surface area (Å²) >= 11 is 0. The lowest BCUT2D eigenvalue weighted by molar-refractivity contribution is 0.0945. The highest BCUT2D eigenvalue weighted by Gasteiger charge is 2.13. The number of fused-ring (bicyclic) bond motifs is 1. The Kier molecular flexibility index (Phi) is 7.59. The van der Waals surface area contributed by atoms with Crippen molar-refractivity contribution in [2.24, 2.45) is 5.73 Å². The van der Waals surface area contributed by atoms with Gasteiger partial charge in [0.25, 0.3) is 5.89 Å². The lowest BCUT2D eigenvalue weighted by atomic mass is 10.1. The van der Waals surface area contributed by atoms with E-state index < -0.39 is 0 Å². The molecule has 3 aromatic heterocycles. The number of hydrogen-bond donors (Lipinski definition) is 2.